The van der Waals surface area contributed by atoms with Crippen LogP contribution in [0.15, 0.2) is 40.8 Å². The number of H-pyrrole nitrogens is 1. The zero-order valence-electron chi connectivity index (χ0n) is 16.4. The fourth-order valence-corrected chi connectivity index (χ4v) is 3.19. The molecule has 0 unspecified atom stereocenters. The van der Waals surface area contributed by atoms with E-state index >= 15 is 0 Å². The van der Waals surface area contributed by atoms with E-state index in [1.54, 1.807) is 0 Å². The van der Waals surface area contributed by atoms with E-state index in [1.807, 2.05) is 0 Å². The Morgan fingerprint density at radius 3 is 2.42 bits per heavy atom. The molecule has 13 heteroatoms. The first kappa shape index (κ1) is 22.6. The number of hydrogen-bond acceptors (Lipinski definition) is 5. The van der Waals surface area contributed by atoms with Gasteiger partial charge < -0.3 is 9.15 Å². The second-order valence-corrected chi connectivity index (χ2v) is 7.06. The lowest BCUT2D eigenvalue weighted by Gasteiger charge is -2.16. The number of rotatable bonds is 6. The highest BCUT2D eigenvalue weighted by atomic mass is 19.4. The maximum absolute atomic E-state index is 14.5. The average Bonchev–Trinajstić information content (AvgIpc) is 3.39. The first-order valence-electron chi connectivity index (χ1n) is 9.35. The number of fused-ring (bicyclic) bond motifs is 1. The Morgan fingerprint density at radius 2 is 1.76 bits per heavy atom. The third-order valence-corrected chi connectivity index (χ3v) is 4.67. The molecule has 1 N–H and O–H groups in total. The van der Waals surface area contributed by atoms with Crippen LogP contribution in [-0.2, 0) is 19.0 Å². The van der Waals surface area contributed by atoms with Crippen LogP contribution in [0.2, 0.25) is 0 Å². The molecule has 6 nitrogen and oxygen atoms in total. The predicted molar refractivity (Wildman–Crippen MR) is 99.7 cm³/mol. The zero-order chi connectivity index (χ0) is 23.8. The topological polar surface area (TPSA) is 76.8 Å². The van der Waals surface area contributed by atoms with Crippen LogP contribution in [0.4, 0.5) is 30.7 Å². The van der Waals surface area contributed by atoms with E-state index in [1.165, 1.54) is 24.3 Å². The highest BCUT2D eigenvalue weighted by Crippen LogP contribution is 2.38. The Balaban J connectivity index is 1.55. The highest BCUT2D eigenvalue weighted by Gasteiger charge is 2.36. The molecule has 0 atom stereocenters. The number of furan rings is 1. The van der Waals surface area contributed by atoms with Crippen LogP contribution in [0.25, 0.3) is 22.6 Å². The summed E-state index contributed by atoms with van der Waals surface area (Å²) in [4.78, 5) is 0. The monoisotopic (exact) mass is 474 g/mol. The average molecular weight is 474 g/mol. The van der Waals surface area contributed by atoms with Crippen molar-refractivity contribution in [2.24, 2.45) is 0 Å². The summed E-state index contributed by atoms with van der Waals surface area (Å²) in [6, 6.07) is 6.88. The number of tetrazole rings is 1. The van der Waals surface area contributed by atoms with Crippen LogP contribution in [0, 0.1) is 5.82 Å². The molecule has 0 saturated heterocycles. The summed E-state index contributed by atoms with van der Waals surface area (Å²) in [6.45, 7) is -1.85. The lowest BCUT2D eigenvalue weighted by molar-refractivity contribution is -0.158. The van der Waals surface area contributed by atoms with Gasteiger partial charge in [-0.05, 0) is 59.5 Å². The van der Waals surface area contributed by atoms with Crippen LogP contribution in [0.3, 0.4) is 0 Å². The number of halogens is 7. The maximum atomic E-state index is 14.5. The van der Waals surface area contributed by atoms with Crippen LogP contribution >= 0.6 is 0 Å². The summed E-state index contributed by atoms with van der Waals surface area (Å²) in [5.74, 6) is -1.11. The van der Waals surface area contributed by atoms with Gasteiger partial charge in [0.1, 0.15) is 17.1 Å². The number of ether oxygens (including phenoxy) is 1. The lowest BCUT2D eigenvalue weighted by Crippen LogP contribution is -2.21. The van der Waals surface area contributed by atoms with Crippen molar-refractivity contribution in [2.75, 3.05) is 6.61 Å². The molecule has 0 aliphatic rings. The summed E-state index contributed by atoms with van der Waals surface area (Å²) in [5, 5.41) is 13.6. The summed E-state index contributed by atoms with van der Waals surface area (Å²) in [7, 11) is 0. The molecule has 4 rings (SSSR count). The van der Waals surface area contributed by atoms with Crippen LogP contribution in [0.1, 0.15) is 16.7 Å². The number of aryl methyl sites for hydroxylation is 2. The van der Waals surface area contributed by atoms with Gasteiger partial charge in [-0.2, -0.15) is 31.6 Å². The summed E-state index contributed by atoms with van der Waals surface area (Å²) >= 11 is 0. The SMILES string of the molecule is Fc1cc2cc(-c3nn[nH]n3)oc2cc1CCc1ccc(OCC(F)(F)F)c(C(F)(F)F)c1. The maximum Gasteiger partial charge on any atom is 0.422 e. The second-order valence-electron chi connectivity index (χ2n) is 7.06. The number of hydrogen-bond donors (Lipinski definition) is 1. The molecular formula is C20H13F7N4O2. The van der Waals surface area contributed by atoms with Gasteiger partial charge in [0.2, 0.25) is 5.82 Å². The van der Waals surface area contributed by atoms with E-state index in [4.69, 9.17) is 4.42 Å². The predicted octanol–water partition coefficient (Wildman–Crippen LogP) is 5.50. The van der Waals surface area contributed by atoms with Crippen LogP contribution in [-0.4, -0.2) is 33.4 Å². The van der Waals surface area contributed by atoms with Crippen LogP contribution in [0.5, 0.6) is 5.75 Å². The largest absolute Gasteiger partial charge is 0.483 e. The molecule has 0 amide bonds. The van der Waals surface area contributed by atoms with E-state index < -0.39 is 36.1 Å². The molecule has 0 fully saturated rings. The number of nitrogens with zero attached hydrogens (tertiary/aromatic N) is 3. The van der Waals surface area contributed by atoms with E-state index in [0.717, 1.165) is 6.07 Å². The summed E-state index contributed by atoms with van der Waals surface area (Å²) in [6.07, 6.45) is -9.71. The van der Waals surface area contributed by atoms with Gasteiger partial charge in [0.05, 0.1) is 5.56 Å². The number of aromatic nitrogens is 4. The molecule has 2 aromatic carbocycles. The minimum Gasteiger partial charge on any atom is -0.483 e. The molecule has 174 valence electrons. The first-order valence-corrected chi connectivity index (χ1v) is 9.35. The number of alkyl halides is 6. The number of benzene rings is 2. The Bertz CT molecular complexity index is 1260. The molecule has 0 aliphatic carbocycles. The van der Waals surface area contributed by atoms with Gasteiger partial charge in [0.25, 0.3) is 0 Å². The fraction of sp³-hybridized carbons (Fsp3) is 0.250. The molecule has 0 radical (unpaired) electrons. The van der Waals surface area contributed by atoms with Crippen molar-refractivity contribution in [3.8, 4) is 17.3 Å². The molecule has 33 heavy (non-hydrogen) atoms. The van der Waals surface area contributed by atoms with Gasteiger partial charge in [-0.25, -0.2) is 4.39 Å². The molecular weight excluding hydrogens is 461 g/mol. The van der Waals surface area contributed by atoms with Crippen LogP contribution < -0.4 is 4.74 Å². The van der Waals surface area contributed by atoms with Gasteiger partial charge in [0.15, 0.2) is 12.4 Å². The van der Waals surface area contributed by atoms with E-state index in [9.17, 15) is 30.7 Å². The van der Waals surface area contributed by atoms with E-state index in [-0.39, 0.29) is 35.6 Å². The Hall–Kier alpha value is -3.64. The van der Waals surface area contributed by atoms with Gasteiger partial charge in [-0.3, -0.25) is 0 Å². The standard InChI is InChI=1S/C20H13F7N4O2/c21-14-6-12-8-17(18-28-30-31-29-18)33-16(12)7-11(14)3-1-10-2-4-15(32-9-19(22,23)24)13(5-10)20(25,26)27/h2,4-8H,1,3,9H2,(H,28,29,30,31). The second kappa shape index (κ2) is 8.37. The van der Waals surface area contributed by atoms with Gasteiger partial charge in [-0.1, -0.05) is 6.07 Å². The molecule has 0 bridgehead atoms. The van der Waals surface area contributed by atoms with Crippen molar-refractivity contribution < 1.29 is 39.9 Å². The Labute approximate surface area is 180 Å². The van der Waals surface area contributed by atoms with Gasteiger partial charge >= 0.3 is 12.4 Å². The highest BCUT2D eigenvalue weighted by molar-refractivity contribution is 5.82. The van der Waals surface area contributed by atoms with E-state index in [2.05, 4.69) is 25.4 Å². The Kier molecular flexibility index (Phi) is 5.72. The minimum atomic E-state index is -4.93. The van der Waals surface area contributed by atoms with Crippen molar-refractivity contribution in [2.45, 2.75) is 25.2 Å². The zero-order valence-corrected chi connectivity index (χ0v) is 16.4. The summed E-state index contributed by atoms with van der Waals surface area (Å²) < 4.78 is 101. The smallest absolute Gasteiger partial charge is 0.422 e. The van der Waals surface area contributed by atoms with Gasteiger partial charge in [0, 0.05) is 5.39 Å². The quantitative estimate of drug-likeness (QED) is 0.374. The van der Waals surface area contributed by atoms with Crippen molar-refractivity contribution in [3.05, 3.63) is 58.9 Å². The molecule has 2 heterocycles. The fourth-order valence-electron chi connectivity index (χ4n) is 3.19. The molecule has 4 aromatic rings. The third kappa shape index (κ3) is 5.23. The van der Waals surface area contributed by atoms with Crippen molar-refractivity contribution in [1.82, 2.24) is 20.6 Å². The normalized spacial score (nSPS) is 12.5. The molecule has 0 aliphatic heterocycles. The van der Waals surface area contributed by atoms with Crippen molar-refractivity contribution in [3.63, 3.8) is 0 Å². The van der Waals surface area contributed by atoms with E-state index in [0.29, 0.717) is 17.0 Å². The minimum absolute atomic E-state index is 0.0105. The lowest BCUT2D eigenvalue weighted by atomic mass is 10.0. The molecule has 0 spiro atoms. The Morgan fingerprint density at radius 1 is 0.970 bits per heavy atom. The first-order chi connectivity index (χ1) is 15.5. The molecule has 2 aromatic heterocycles. The number of nitrogens with one attached hydrogen (secondary N) is 1. The third-order valence-electron chi connectivity index (χ3n) is 4.67. The number of aromatic amines is 1. The van der Waals surface area contributed by atoms with Gasteiger partial charge in [-0.15, -0.1) is 10.2 Å². The molecule has 0 saturated carbocycles. The van der Waals surface area contributed by atoms with Crippen molar-refractivity contribution in [1.29, 1.82) is 0 Å². The summed E-state index contributed by atoms with van der Waals surface area (Å²) in [5.41, 5.74) is -0.690. The van der Waals surface area contributed by atoms with Crippen molar-refractivity contribution >= 4 is 11.0 Å².